The van der Waals surface area contributed by atoms with Gasteiger partial charge in [-0.2, -0.15) is 5.10 Å². The first-order valence-corrected chi connectivity index (χ1v) is 6.30. The monoisotopic (exact) mass is 245 g/mol. The summed E-state index contributed by atoms with van der Waals surface area (Å²) in [5.74, 6) is 0. The number of quaternary nitrogens is 1. The highest BCUT2D eigenvalue weighted by molar-refractivity contribution is 5.52. The molecule has 0 aliphatic carbocycles. The number of hydrogen-bond acceptors (Lipinski definition) is 2. The van der Waals surface area contributed by atoms with Gasteiger partial charge in [-0.15, -0.1) is 0 Å². The molecular weight excluding hydrogens is 224 g/mol. The first-order valence-electron chi connectivity index (χ1n) is 6.30. The second-order valence-corrected chi connectivity index (χ2v) is 5.55. The molecule has 0 aliphatic heterocycles. The van der Waals surface area contributed by atoms with Crippen molar-refractivity contribution in [3.8, 4) is 11.4 Å². The van der Waals surface area contributed by atoms with Crippen molar-refractivity contribution >= 4 is 0 Å². The van der Waals surface area contributed by atoms with Gasteiger partial charge in [-0.05, 0) is 18.2 Å². The van der Waals surface area contributed by atoms with Crippen molar-refractivity contribution in [3.05, 3.63) is 36.7 Å². The zero-order chi connectivity index (χ0) is 13.0. The molecule has 0 amide bonds. The summed E-state index contributed by atoms with van der Waals surface area (Å²) < 4.78 is 2.99. The van der Waals surface area contributed by atoms with Crippen LogP contribution in [0.15, 0.2) is 36.7 Å². The van der Waals surface area contributed by atoms with E-state index < -0.39 is 0 Å². The molecule has 0 N–H and O–H groups in total. The lowest BCUT2D eigenvalue weighted by molar-refractivity contribution is -0.870. The molecule has 2 aromatic rings. The van der Waals surface area contributed by atoms with Gasteiger partial charge >= 0.3 is 0 Å². The largest absolute Gasteiger partial charge is 0.331 e. The molecule has 0 saturated heterocycles. The Morgan fingerprint density at radius 2 is 1.94 bits per heavy atom. The molecule has 0 aliphatic rings. The second-order valence-electron chi connectivity index (χ2n) is 5.55. The van der Waals surface area contributed by atoms with Crippen molar-refractivity contribution in [1.29, 1.82) is 0 Å². The molecule has 2 rings (SSSR count). The minimum Gasteiger partial charge on any atom is -0.331 e. The minimum absolute atomic E-state index is 0.933. The fourth-order valence-corrected chi connectivity index (χ4v) is 1.84. The van der Waals surface area contributed by atoms with Crippen molar-refractivity contribution in [2.75, 3.05) is 27.7 Å². The zero-order valence-electron chi connectivity index (χ0n) is 11.4. The average Bonchev–Trinajstić information content (AvgIpc) is 2.77. The molecule has 0 atom stereocenters. The second kappa shape index (κ2) is 5.31. The van der Waals surface area contributed by atoms with E-state index in [1.54, 1.807) is 6.20 Å². The molecule has 18 heavy (non-hydrogen) atoms. The van der Waals surface area contributed by atoms with E-state index in [4.69, 9.17) is 0 Å². The van der Waals surface area contributed by atoms with Gasteiger partial charge in [0.05, 0.1) is 33.4 Å². The third-order valence-electron chi connectivity index (χ3n) is 2.78. The Morgan fingerprint density at radius 1 is 1.11 bits per heavy atom. The van der Waals surface area contributed by atoms with E-state index in [1.807, 2.05) is 35.1 Å². The molecule has 0 unspecified atom stereocenters. The van der Waals surface area contributed by atoms with Crippen molar-refractivity contribution < 1.29 is 4.48 Å². The van der Waals surface area contributed by atoms with Gasteiger partial charge in [-0.3, -0.25) is 9.67 Å². The third kappa shape index (κ3) is 3.67. The Hall–Kier alpha value is -1.68. The Balaban J connectivity index is 1.95. The minimum atomic E-state index is 0.933. The van der Waals surface area contributed by atoms with Gasteiger partial charge in [0.15, 0.2) is 0 Å². The standard InChI is InChI=1S/C14H21N4/c1-18(2,3)12-6-10-17-11-8-14(16-17)13-7-4-5-9-15-13/h4-5,7-9,11H,6,10,12H2,1-3H3/q+1. The molecule has 0 radical (unpaired) electrons. The highest BCUT2D eigenvalue weighted by Gasteiger charge is 2.07. The van der Waals surface area contributed by atoms with Crippen LogP contribution in [0.4, 0.5) is 0 Å². The molecule has 4 nitrogen and oxygen atoms in total. The molecule has 2 heterocycles. The molecule has 0 fully saturated rings. The number of aromatic nitrogens is 3. The molecular formula is C14H21N4+. The van der Waals surface area contributed by atoms with Crippen LogP contribution in [0.2, 0.25) is 0 Å². The first kappa shape index (κ1) is 12.8. The van der Waals surface area contributed by atoms with Crippen LogP contribution < -0.4 is 0 Å². The molecule has 0 bridgehead atoms. The molecule has 0 aromatic carbocycles. The summed E-state index contributed by atoms with van der Waals surface area (Å²) in [5, 5.41) is 4.55. The van der Waals surface area contributed by atoms with Gasteiger partial charge in [0.2, 0.25) is 0 Å². The van der Waals surface area contributed by atoms with Crippen molar-refractivity contribution in [3.63, 3.8) is 0 Å². The van der Waals surface area contributed by atoms with Crippen molar-refractivity contribution in [2.45, 2.75) is 13.0 Å². The SMILES string of the molecule is C[N+](C)(C)CCCn1ccc(-c2ccccn2)n1. The summed E-state index contributed by atoms with van der Waals surface area (Å²) in [6.45, 7) is 2.11. The summed E-state index contributed by atoms with van der Waals surface area (Å²) in [5.41, 5.74) is 1.88. The zero-order valence-corrected chi connectivity index (χ0v) is 11.4. The Morgan fingerprint density at radius 3 is 2.61 bits per heavy atom. The normalized spacial score (nSPS) is 11.7. The lowest BCUT2D eigenvalue weighted by Crippen LogP contribution is -2.35. The number of nitrogens with zero attached hydrogens (tertiary/aromatic N) is 4. The fraction of sp³-hybridized carbons (Fsp3) is 0.429. The summed E-state index contributed by atoms with van der Waals surface area (Å²) >= 11 is 0. The van der Waals surface area contributed by atoms with E-state index >= 15 is 0 Å². The number of rotatable bonds is 5. The molecule has 2 aromatic heterocycles. The van der Waals surface area contributed by atoms with Crippen molar-refractivity contribution in [1.82, 2.24) is 14.8 Å². The average molecular weight is 245 g/mol. The first-order chi connectivity index (χ1) is 8.54. The van der Waals surface area contributed by atoms with Gasteiger partial charge < -0.3 is 4.48 Å². The van der Waals surface area contributed by atoms with E-state index in [1.165, 1.54) is 0 Å². The Kier molecular flexibility index (Phi) is 3.77. The van der Waals surface area contributed by atoms with E-state index in [-0.39, 0.29) is 0 Å². The van der Waals surface area contributed by atoms with Gasteiger partial charge in [0.1, 0.15) is 5.69 Å². The summed E-state index contributed by atoms with van der Waals surface area (Å²) in [4.78, 5) is 4.30. The van der Waals surface area contributed by atoms with Gasteiger partial charge in [0.25, 0.3) is 0 Å². The number of pyridine rings is 1. The van der Waals surface area contributed by atoms with Crippen LogP contribution in [0.25, 0.3) is 11.4 Å². The third-order valence-corrected chi connectivity index (χ3v) is 2.78. The Bertz CT molecular complexity index is 482. The van der Waals surface area contributed by atoms with E-state index in [2.05, 4.69) is 31.2 Å². The molecule has 0 saturated carbocycles. The maximum atomic E-state index is 4.55. The fourth-order valence-electron chi connectivity index (χ4n) is 1.84. The lowest BCUT2D eigenvalue weighted by Gasteiger charge is -2.23. The predicted octanol–water partition coefficient (Wildman–Crippen LogP) is 2.04. The topological polar surface area (TPSA) is 30.7 Å². The van der Waals surface area contributed by atoms with Gasteiger partial charge in [0, 0.05) is 25.4 Å². The maximum absolute atomic E-state index is 4.55. The summed E-state index contributed by atoms with van der Waals surface area (Å²) in [6.07, 6.45) is 4.96. The van der Waals surface area contributed by atoms with Crippen LogP contribution >= 0.6 is 0 Å². The van der Waals surface area contributed by atoms with E-state index in [0.29, 0.717) is 0 Å². The van der Waals surface area contributed by atoms with Gasteiger partial charge in [-0.25, -0.2) is 0 Å². The van der Waals surface area contributed by atoms with E-state index in [9.17, 15) is 0 Å². The highest BCUT2D eigenvalue weighted by atomic mass is 15.3. The number of hydrogen-bond donors (Lipinski definition) is 0. The van der Waals surface area contributed by atoms with Crippen LogP contribution in [0, 0.1) is 0 Å². The van der Waals surface area contributed by atoms with E-state index in [0.717, 1.165) is 35.4 Å². The quantitative estimate of drug-likeness (QED) is 0.755. The predicted molar refractivity (Wildman–Crippen MR) is 73.0 cm³/mol. The van der Waals surface area contributed by atoms with Crippen molar-refractivity contribution in [2.24, 2.45) is 0 Å². The van der Waals surface area contributed by atoms with Crippen LogP contribution in [0.5, 0.6) is 0 Å². The lowest BCUT2D eigenvalue weighted by atomic mass is 10.3. The van der Waals surface area contributed by atoms with Crippen LogP contribution in [0.3, 0.4) is 0 Å². The number of aryl methyl sites for hydroxylation is 1. The highest BCUT2D eigenvalue weighted by Crippen LogP contribution is 2.12. The van der Waals surface area contributed by atoms with Crippen LogP contribution in [-0.4, -0.2) is 46.9 Å². The Labute approximate surface area is 108 Å². The smallest absolute Gasteiger partial charge is 0.111 e. The van der Waals surface area contributed by atoms with Crippen LogP contribution in [-0.2, 0) is 6.54 Å². The van der Waals surface area contributed by atoms with Crippen LogP contribution in [0.1, 0.15) is 6.42 Å². The molecule has 4 heteroatoms. The van der Waals surface area contributed by atoms with Gasteiger partial charge in [-0.1, -0.05) is 6.07 Å². The maximum Gasteiger partial charge on any atom is 0.111 e. The molecule has 0 spiro atoms. The summed E-state index contributed by atoms with van der Waals surface area (Å²) in [6, 6.07) is 7.91. The summed E-state index contributed by atoms with van der Waals surface area (Å²) in [7, 11) is 6.63. The molecule has 96 valence electrons.